The zero-order valence-corrected chi connectivity index (χ0v) is 11.4. The van der Waals surface area contributed by atoms with Crippen LogP contribution in [0.3, 0.4) is 0 Å². The largest absolute Gasteiger partial charge is 0.326 e. The molecule has 0 aliphatic heterocycles. The predicted octanol–water partition coefficient (Wildman–Crippen LogP) is 2.87. The van der Waals surface area contributed by atoms with Crippen LogP contribution in [0.4, 0.5) is 0 Å². The molecule has 4 nitrogen and oxygen atoms in total. The summed E-state index contributed by atoms with van der Waals surface area (Å²) in [5.74, 6) is 0. The molecular formula is C17H14N4. The zero-order valence-electron chi connectivity index (χ0n) is 11.4. The average molecular weight is 274 g/mol. The summed E-state index contributed by atoms with van der Waals surface area (Å²) in [4.78, 5) is 0. The van der Waals surface area contributed by atoms with Crippen LogP contribution < -0.4 is 5.73 Å². The molecule has 1 aromatic heterocycles. The predicted molar refractivity (Wildman–Crippen MR) is 81.6 cm³/mol. The minimum absolute atomic E-state index is 0.431. The Morgan fingerprint density at radius 2 is 1.76 bits per heavy atom. The van der Waals surface area contributed by atoms with Gasteiger partial charge in [0.1, 0.15) is 0 Å². The second-order valence-corrected chi connectivity index (χ2v) is 4.66. The molecule has 2 aromatic carbocycles. The first kappa shape index (κ1) is 13.1. The van der Waals surface area contributed by atoms with E-state index in [1.54, 1.807) is 18.3 Å². The highest BCUT2D eigenvalue weighted by molar-refractivity contribution is 5.65. The van der Waals surface area contributed by atoms with Crippen LogP contribution >= 0.6 is 0 Å². The third-order valence-corrected chi connectivity index (χ3v) is 3.35. The standard InChI is InChI=1S/C17H14N4/c18-10-13-6-8-16(9-7-13)21-17(15(11-19)12-20-21)14-4-2-1-3-5-14/h1-9,12H,11,19H2. The fourth-order valence-corrected chi connectivity index (χ4v) is 2.31. The van der Waals surface area contributed by atoms with Gasteiger partial charge in [0.15, 0.2) is 0 Å². The topological polar surface area (TPSA) is 67.6 Å². The first-order valence-corrected chi connectivity index (χ1v) is 6.66. The van der Waals surface area contributed by atoms with Gasteiger partial charge in [0, 0.05) is 17.7 Å². The van der Waals surface area contributed by atoms with Crippen LogP contribution in [-0.2, 0) is 6.54 Å². The summed E-state index contributed by atoms with van der Waals surface area (Å²) in [7, 11) is 0. The van der Waals surface area contributed by atoms with Crippen LogP contribution in [0.2, 0.25) is 0 Å². The van der Waals surface area contributed by atoms with E-state index in [9.17, 15) is 0 Å². The fraction of sp³-hybridized carbons (Fsp3) is 0.0588. The Morgan fingerprint density at radius 1 is 1.05 bits per heavy atom. The number of aromatic nitrogens is 2. The Morgan fingerprint density at radius 3 is 2.38 bits per heavy atom. The van der Waals surface area contributed by atoms with Gasteiger partial charge in [-0.3, -0.25) is 0 Å². The molecule has 0 unspecified atom stereocenters. The number of rotatable bonds is 3. The van der Waals surface area contributed by atoms with E-state index in [2.05, 4.69) is 11.2 Å². The van der Waals surface area contributed by atoms with Gasteiger partial charge in [0.25, 0.3) is 0 Å². The van der Waals surface area contributed by atoms with E-state index in [-0.39, 0.29) is 0 Å². The van der Waals surface area contributed by atoms with Gasteiger partial charge in [-0.15, -0.1) is 0 Å². The van der Waals surface area contributed by atoms with Crippen molar-refractivity contribution in [3.63, 3.8) is 0 Å². The fourth-order valence-electron chi connectivity index (χ4n) is 2.31. The van der Waals surface area contributed by atoms with Gasteiger partial charge < -0.3 is 5.73 Å². The van der Waals surface area contributed by atoms with Crippen molar-refractivity contribution < 1.29 is 0 Å². The summed E-state index contributed by atoms with van der Waals surface area (Å²) >= 11 is 0. The molecule has 0 aliphatic carbocycles. The van der Waals surface area contributed by atoms with Gasteiger partial charge >= 0.3 is 0 Å². The Bertz CT molecular complexity index is 780. The van der Waals surface area contributed by atoms with Crippen molar-refractivity contribution in [1.82, 2.24) is 9.78 Å². The SMILES string of the molecule is N#Cc1ccc(-n2ncc(CN)c2-c2ccccc2)cc1. The van der Waals surface area contributed by atoms with E-state index in [1.807, 2.05) is 47.1 Å². The quantitative estimate of drug-likeness (QED) is 0.798. The van der Waals surface area contributed by atoms with Crippen LogP contribution in [0.1, 0.15) is 11.1 Å². The Kier molecular flexibility index (Phi) is 3.50. The van der Waals surface area contributed by atoms with Crippen molar-refractivity contribution in [1.29, 1.82) is 5.26 Å². The lowest BCUT2D eigenvalue weighted by Crippen LogP contribution is -2.02. The van der Waals surface area contributed by atoms with E-state index in [1.165, 1.54) is 0 Å². The molecule has 0 aliphatic rings. The summed E-state index contributed by atoms with van der Waals surface area (Å²) in [6.07, 6.45) is 1.79. The summed E-state index contributed by atoms with van der Waals surface area (Å²) in [6, 6.07) is 19.5. The molecule has 21 heavy (non-hydrogen) atoms. The van der Waals surface area contributed by atoms with Gasteiger partial charge in [0.05, 0.1) is 29.2 Å². The minimum Gasteiger partial charge on any atom is -0.326 e. The molecular weight excluding hydrogens is 260 g/mol. The number of nitriles is 1. The smallest absolute Gasteiger partial charge is 0.0991 e. The summed E-state index contributed by atoms with van der Waals surface area (Å²) in [5.41, 5.74) is 10.4. The lowest BCUT2D eigenvalue weighted by Gasteiger charge is -2.09. The van der Waals surface area contributed by atoms with Crippen molar-refractivity contribution in [3.8, 4) is 23.0 Å². The van der Waals surface area contributed by atoms with Crippen LogP contribution in [0, 0.1) is 11.3 Å². The molecule has 3 rings (SSSR count). The third kappa shape index (κ3) is 2.42. The maximum absolute atomic E-state index is 8.88. The van der Waals surface area contributed by atoms with Crippen LogP contribution in [0.25, 0.3) is 16.9 Å². The molecule has 3 aromatic rings. The zero-order chi connectivity index (χ0) is 14.7. The monoisotopic (exact) mass is 274 g/mol. The van der Waals surface area contributed by atoms with Crippen molar-refractivity contribution in [2.45, 2.75) is 6.54 Å². The van der Waals surface area contributed by atoms with Crippen molar-refractivity contribution >= 4 is 0 Å². The van der Waals surface area contributed by atoms with Gasteiger partial charge in [-0.05, 0) is 24.3 Å². The van der Waals surface area contributed by atoms with E-state index >= 15 is 0 Å². The maximum atomic E-state index is 8.88. The number of hydrogen-bond donors (Lipinski definition) is 1. The van der Waals surface area contributed by atoms with Crippen molar-refractivity contribution in [2.75, 3.05) is 0 Å². The van der Waals surface area contributed by atoms with E-state index in [0.29, 0.717) is 12.1 Å². The second-order valence-electron chi connectivity index (χ2n) is 4.66. The average Bonchev–Trinajstić information content (AvgIpc) is 2.99. The number of nitrogens with two attached hydrogens (primary N) is 1. The highest BCUT2D eigenvalue weighted by Crippen LogP contribution is 2.26. The molecule has 0 atom stereocenters. The molecule has 0 amide bonds. The van der Waals surface area contributed by atoms with Gasteiger partial charge in [-0.25, -0.2) is 4.68 Å². The molecule has 0 radical (unpaired) electrons. The summed E-state index contributed by atoms with van der Waals surface area (Å²) < 4.78 is 1.86. The Labute approximate surface area is 123 Å². The van der Waals surface area contributed by atoms with Crippen LogP contribution in [-0.4, -0.2) is 9.78 Å². The molecule has 0 fully saturated rings. The molecule has 0 spiro atoms. The van der Waals surface area contributed by atoms with Crippen LogP contribution in [0.15, 0.2) is 60.8 Å². The van der Waals surface area contributed by atoms with E-state index < -0.39 is 0 Å². The van der Waals surface area contributed by atoms with Crippen molar-refractivity contribution in [3.05, 3.63) is 71.9 Å². The van der Waals surface area contributed by atoms with E-state index in [0.717, 1.165) is 22.5 Å². The lowest BCUT2D eigenvalue weighted by atomic mass is 10.1. The number of benzene rings is 2. The molecule has 0 saturated heterocycles. The highest BCUT2D eigenvalue weighted by atomic mass is 15.3. The van der Waals surface area contributed by atoms with Gasteiger partial charge in [0.2, 0.25) is 0 Å². The number of hydrogen-bond acceptors (Lipinski definition) is 3. The van der Waals surface area contributed by atoms with Gasteiger partial charge in [-0.2, -0.15) is 10.4 Å². The highest BCUT2D eigenvalue weighted by Gasteiger charge is 2.13. The second kappa shape index (κ2) is 5.61. The van der Waals surface area contributed by atoms with Gasteiger partial charge in [-0.1, -0.05) is 30.3 Å². The first-order valence-electron chi connectivity index (χ1n) is 6.66. The minimum atomic E-state index is 0.431. The molecule has 102 valence electrons. The molecule has 0 saturated carbocycles. The van der Waals surface area contributed by atoms with E-state index in [4.69, 9.17) is 11.0 Å². The molecule has 0 bridgehead atoms. The molecule has 4 heteroatoms. The number of nitrogens with zero attached hydrogens (tertiary/aromatic N) is 3. The van der Waals surface area contributed by atoms with Crippen LogP contribution in [0.5, 0.6) is 0 Å². The Hall–Kier alpha value is -2.90. The summed E-state index contributed by atoms with van der Waals surface area (Å²) in [5, 5.41) is 13.3. The lowest BCUT2D eigenvalue weighted by molar-refractivity contribution is 0.887. The summed E-state index contributed by atoms with van der Waals surface area (Å²) in [6.45, 7) is 0.431. The van der Waals surface area contributed by atoms with Crippen molar-refractivity contribution in [2.24, 2.45) is 5.73 Å². The Balaban J connectivity index is 2.15. The molecule has 2 N–H and O–H groups in total. The maximum Gasteiger partial charge on any atom is 0.0991 e. The third-order valence-electron chi connectivity index (χ3n) is 3.35. The molecule has 1 heterocycles. The first-order chi connectivity index (χ1) is 10.3. The normalized spacial score (nSPS) is 10.3.